The number of imidazole rings is 2. The van der Waals surface area contributed by atoms with Gasteiger partial charge in [-0.1, -0.05) is 6.07 Å². The van der Waals surface area contributed by atoms with Crippen molar-refractivity contribution in [2.45, 2.75) is 43.9 Å². The molecule has 0 radical (unpaired) electrons. The lowest BCUT2D eigenvalue weighted by Crippen LogP contribution is -2.40. The summed E-state index contributed by atoms with van der Waals surface area (Å²) in [4.78, 5) is 27.5. The summed E-state index contributed by atoms with van der Waals surface area (Å²) in [5.41, 5.74) is 0.923. The van der Waals surface area contributed by atoms with Crippen molar-refractivity contribution in [3.05, 3.63) is 54.2 Å². The Balaban J connectivity index is 1.22. The van der Waals surface area contributed by atoms with Gasteiger partial charge < -0.3 is 15.6 Å². The molecule has 32 heavy (non-hydrogen) atoms. The van der Waals surface area contributed by atoms with Crippen LogP contribution >= 0.6 is 0 Å². The Kier molecular flexibility index (Phi) is 4.95. The summed E-state index contributed by atoms with van der Waals surface area (Å²) in [6.07, 6.45) is 2.65. The number of pyridine rings is 2. The van der Waals surface area contributed by atoms with Crippen molar-refractivity contribution in [3.8, 4) is 0 Å². The number of alkyl halides is 3. The number of anilines is 1. The normalized spacial score (nSPS) is 19.3. The second-order valence-corrected chi connectivity index (χ2v) is 7.89. The second-order valence-electron chi connectivity index (χ2n) is 7.89. The first-order valence-corrected chi connectivity index (χ1v) is 10.3. The van der Waals surface area contributed by atoms with Gasteiger partial charge in [0.25, 0.3) is 5.91 Å². The summed E-state index contributed by atoms with van der Waals surface area (Å²) >= 11 is 0. The van der Waals surface area contributed by atoms with E-state index in [0.717, 1.165) is 31.9 Å². The number of carbonyl (C=O) groups excluding carboxylic acids is 1. The van der Waals surface area contributed by atoms with Crippen LogP contribution in [0, 0.1) is 0 Å². The highest BCUT2D eigenvalue weighted by Gasteiger charge is 2.34. The SMILES string of the molecule is O=C(NC1CCC(Nc2cccc3nc(C(F)(F)F)cn23)CC1)c1ccnc2nc[nH]c12. The molecule has 166 valence electrons. The Hall–Kier alpha value is -3.63. The number of hydrogen-bond acceptors (Lipinski definition) is 5. The number of fused-ring (bicyclic) bond motifs is 2. The molecule has 1 aliphatic carbocycles. The van der Waals surface area contributed by atoms with E-state index in [-0.39, 0.29) is 23.6 Å². The predicted molar refractivity (Wildman–Crippen MR) is 111 cm³/mol. The van der Waals surface area contributed by atoms with Crippen LogP contribution in [0.15, 0.2) is 43.0 Å². The number of hydrogen-bond donors (Lipinski definition) is 3. The molecular formula is C21H20F3N7O. The van der Waals surface area contributed by atoms with E-state index in [1.807, 2.05) is 0 Å². The van der Waals surface area contributed by atoms with Gasteiger partial charge in [-0.05, 0) is 43.9 Å². The smallest absolute Gasteiger partial charge is 0.368 e. The number of aromatic nitrogens is 5. The maximum Gasteiger partial charge on any atom is 0.434 e. The van der Waals surface area contributed by atoms with Gasteiger partial charge in [-0.3, -0.25) is 9.20 Å². The van der Waals surface area contributed by atoms with Crippen molar-refractivity contribution in [2.75, 3.05) is 5.32 Å². The van der Waals surface area contributed by atoms with Gasteiger partial charge in [0.05, 0.1) is 17.4 Å². The molecule has 0 saturated heterocycles. The largest absolute Gasteiger partial charge is 0.434 e. The fraction of sp³-hybridized carbons (Fsp3) is 0.333. The van der Waals surface area contributed by atoms with E-state index < -0.39 is 11.9 Å². The number of amides is 1. The summed E-state index contributed by atoms with van der Waals surface area (Å²) in [7, 11) is 0. The second kappa shape index (κ2) is 7.81. The molecule has 0 bridgehead atoms. The van der Waals surface area contributed by atoms with Gasteiger partial charge in [0.1, 0.15) is 11.5 Å². The van der Waals surface area contributed by atoms with Crippen LogP contribution in [0.1, 0.15) is 41.7 Å². The summed E-state index contributed by atoms with van der Waals surface area (Å²) < 4.78 is 40.5. The number of nitrogens with zero attached hydrogens (tertiary/aromatic N) is 4. The molecule has 11 heteroatoms. The lowest BCUT2D eigenvalue weighted by Gasteiger charge is -2.30. The fourth-order valence-corrected chi connectivity index (χ4v) is 4.16. The van der Waals surface area contributed by atoms with E-state index in [4.69, 9.17) is 0 Å². The van der Waals surface area contributed by atoms with Gasteiger partial charge in [-0.25, -0.2) is 15.0 Å². The van der Waals surface area contributed by atoms with Crippen LogP contribution in [-0.2, 0) is 6.18 Å². The Morgan fingerprint density at radius 1 is 1.09 bits per heavy atom. The Labute approximate surface area is 180 Å². The Morgan fingerprint density at radius 2 is 1.88 bits per heavy atom. The molecule has 4 heterocycles. The third-order valence-corrected chi connectivity index (χ3v) is 5.77. The zero-order chi connectivity index (χ0) is 22.3. The summed E-state index contributed by atoms with van der Waals surface area (Å²) in [6, 6.07) is 6.73. The van der Waals surface area contributed by atoms with Crippen molar-refractivity contribution in [2.24, 2.45) is 0 Å². The third-order valence-electron chi connectivity index (χ3n) is 5.77. The Morgan fingerprint density at radius 3 is 2.66 bits per heavy atom. The molecule has 1 saturated carbocycles. The van der Waals surface area contributed by atoms with E-state index in [2.05, 4.69) is 30.6 Å². The van der Waals surface area contributed by atoms with Crippen molar-refractivity contribution < 1.29 is 18.0 Å². The first-order chi connectivity index (χ1) is 15.4. The van der Waals surface area contributed by atoms with E-state index in [0.29, 0.717) is 22.5 Å². The topological polar surface area (TPSA) is 100 Å². The van der Waals surface area contributed by atoms with E-state index in [9.17, 15) is 18.0 Å². The maximum absolute atomic E-state index is 13.0. The van der Waals surface area contributed by atoms with Crippen LogP contribution in [0.25, 0.3) is 16.8 Å². The van der Waals surface area contributed by atoms with Crippen LogP contribution < -0.4 is 10.6 Å². The molecule has 0 spiro atoms. The van der Waals surface area contributed by atoms with Crippen LogP contribution in [-0.4, -0.2) is 42.3 Å². The van der Waals surface area contributed by atoms with E-state index in [1.165, 1.54) is 10.7 Å². The number of halogens is 3. The molecule has 1 aliphatic rings. The van der Waals surface area contributed by atoms with E-state index in [1.54, 1.807) is 30.5 Å². The van der Waals surface area contributed by atoms with Gasteiger partial charge in [-0.15, -0.1) is 0 Å². The quantitative estimate of drug-likeness (QED) is 0.446. The highest BCUT2D eigenvalue weighted by Crippen LogP contribution is 2.30. The molecule has 0 aromatic carbocycles. The Bertz CT molecular complexity index is 1270. The van der Waals surface area contributed by atoms with Crippen molar-refractivity contribution >= 4 is 28.5 Å². The molecule has 4 aromatic rings. The monoisotopic (exact) mass is 443 g/mol. The molecule has 0 aliphatic heterocycles. The minimum atomic E-state index is -4.49. The summed E-state index contributed by atoms with van der Waals surface area (Å²) in [5.74, 6) is 0.386. The van der Waals surface area contributed by atoms with Crippen LogP contribution in [0.3, 0.4) is 0 Å². The standard InChI is InChI=1S/C21H20F3N7O/c22-21(23,24)15-10-31-16(2-1-3-17(31)30-15)28-12-4-6-13(7-5-12)29-20(32)14-8-9-25-19-18(14)26-11-27-19/h1-3,8-13,28H,4-7H2,(H,29,32)(H,25,26,27). The van der Waals surface area contributed by atoms with Gasteiger partial charge in [0.15, 0.2) is 11.3 Å². The zero-order valence-corrected chi connectivity index (χ0v) is 16.9. The molecule has 5 rings (SSSR count). The number of H-pyrrole nitrogens is 1. The van der Waals surface area contributed by atoms with Crippen molar-refractivity contribution in [3.63, 3.8) is 0 Å². The van der Waals surface area contributed by atoms with Gasteiger partial charge in [0, 0.05) is 24.5 Å². The number of aromatic amines is 1. The van der Waals surface area contributed by atoms with Gasteiger partial charge in [-0.2, -0.15) is 13.2 Å². The average Bonchev–Trinajstić information content (AvgIpc) is 3.42. The van der Waals surface area contributed by atoms with Crippen LogP contribution in [0.5, 0.6) is 0 Å². The molecule has 8 nitrogen and oxygen atoms in total. The summed E-state index contributed by atoms with van der Waals surface area (Å²) in [5, 5.41) is 6.40. The van der Waals surface area contributed by atoms with Crippen LogP contribution in [0.4, 0.5) is 19.0 Å². The lowest BCUT2D eigenvalue weighted by atomic mass is 9.91. The van der Waals surface area contributed by atoms with Crippen molar-refractivity contribution in [1.82, 2.24) is 29.7 Å². The fourth-order valence-electron chi connectivity index (χ4n) is 4.16. The molecule has 4 aromatic heterocycles. The number of carbonyl (C=O) groups is 1. The van der Waals surface area contributed by atoms with Crippen LogP contribution in [0.2, 0.25) is 0 Å². The molecule has 3 N–H and O–H groups in total. The minimum absolute atomic E-state index is 0.0209. The van der Waals surface area contributed by atoms with Gasteiger partial charge in [0.2, 0.25) is 0 Å². The molecule has 1 fully saturated rings. The maximum atomic E-state index is 13.0. The average molecular weight is 443 g/mol. The molecule has 0 unspecified atom stereocenters. The number of nitrogens with one attached hydrogen (secondary N) is 3. The lowest BCUT2D eigenvalue weighted by molar-refractivity contribution is -0.140. The molecular weight excluding hydrogens is 423 g/mol. The minimum Gasteiger partial charge on any atom is -0.368 e. The molecule has 1 amide bonds. The van der Waals surface area contributed by atoms with E-state index >= 15 is 0 Å². The first-order valence-electron chi connectivity index (χ1n) is 10.3. The molecule has 0 atom stereocenters. The first kappa shape index (κ1) is 20.3. The highest BCUT2D eigenvalue weighted by atomic mass is 19.4. The van der Waals surface area contributed by atoms with Crippen molar-refractivity contribution in [1.29, 1.82) is 0 Å². The summed E-state index contributed by atoms with van der Waals surface area (Å²) in [6.45, 7) is 0. The van der Waals surface area contributed by atoms with Gasteiger partial charge >= 0.3 is 6.18 Å². The predicted octanol–water partition coefficient (Wildman–Crippen LogP) is 3.78. The zero-order valence-electron chi connectivity index (χ0n) is 16.9. The highest BCUT2D eigenvalue weighted by molar-refractivity contribution is 6.03. The third kappa shape index (κ3) is 3.85. The number of rotatable bonds is 4.